The van der Waals surface area contributed by atoms with Gasteiger partial charge in [-0.15, -0.1) is 0 Å². The maximum absolute atomic E-state index is 13.3. The Balaban J connectivity index is 2.07. The van der Waals surface area contributed by atoms with Crippen molar-refractivity contribution in [3.8, 4) is 5.75 Å². The van der Waals surface area contributed by atoms with Gasteiger partial charge < -0.3 is 10.1 Å². The van der Waals surface area contributed by atoms with Crippen molar-refractivity contribution in [3.05, 3.63) is 53.1 Å². The van der Waals surface area contributed by atoms with Crippen molar-refractivity contribution in [3.63, 3.8) is 0 Å². The molecule has 0 bridgehead atoms. The Hall–Kier alpha value is -2.46. The number of carbonyl (C=O) groups excluding carboxylic acids is 1. The average molecular weight is 463 g/mol. The third-order valence-electron chi connectivity index (χ3n) is 4.40. The van der Waals surface area contributed by atoms with E-state index in [1.54, 1.807) is 12.1 Å². The summed E-state index contributed by atoms with van der Waals surface area (Å²) in [5.41, 5.74) is -1.05. The number of amides is 1. The van der Waals surface area contributed by atoms with Gasteiger partial charge in [0, 0.05) is 6.54 Å². The van der Waals surface area contributed by atoms with Crippen LogP contribution < -0.4 is 14.4 Å². The molecule has 1 heterocycles. The monoisotopic (exact) mass is 462 g/mol. The molecule has 1 unspecified atom stereocenters. The molecule has 0 spiro atoms. The smallest absolute Gasteiger partial charge is 0.416 e. The summed E-state index contributed by atoms with van der Waals surface area (Å²) >= 11 is 5.96. The van der Waals surface area contributed by atoms with Crippen LogP contribution in [0.15, 0.2) is 47.4 Å². The van der Waals surface area contributed by atoms with Gasteiger partial charge in [0.15, 0.2) is 6.10 Å². The number of carbonyl (C=O) groups is 1. The molecule has 0 aromatic heterocycles. The second-order valence-electron chi connectivity index (χ2n) is 6.54. The number of rotatable bonds is 5. The molecule has 0 radical (unpaired) electrons. The van der Waals surface area contributed by atoms with Gasteiger partial charge in [-0.1, -0.05) is 30.7 Å². The first-order valence-electron chi connectivity index (χ1n) is 8.98. The van der Waals surface area contributed by atoms with Gasteiger partial charge in [-0.2, -0.15) is 13.2 Å². The number of para-hydroxylation sites is 2. The van der Waals surface area contributed by atoms with E-state index in [2.05, 4.69) is 5.32 Å². The van der Waals surface area contributed by atoms with Gasteiger partial charge in [0.05, 0.1) is 22.8 Å². The molecule has 0 aliphatic carbocycles. The molecule has 0 saturated carbocycles. The van der Waals surface area contributed by atoms with E-state index in [1.807, 2.05) is 6.92 Å². The van der Waals surface area contributed by atoms with E-state index in [0.717, 1.165) is 10.4 Å². The van der Waals surface area contributed by atoms with Crippen LogP contribution in [-0.4, -0.2) is 33.5 Å². The van der Waals surface area contributed by atoms with Crippen LogP contribution in [0.4, 0.5) is 18.9 Å². The van der Waals surface area contributed by atoms with Crippen LogP contribution in [0.2, 0.25) is 5.02 Å². The largest absolute Gasteiger partial charge is 0.476 e. The first-order chi connectivity index (χ1) is 14.1. The van der Waals surface area contributed by atoms with Crippen LogP contribution in [0.3, 0.4) is 0 Å². The van der Waals surface area contributed by atoms with Crippen molar-refractivity contribution in [1.82, 2.24) is 5.32 Å². The number of halogens is 4. The van der Waals surface area contributed by atoms with E-state index in [1.165, 1.54) is 12.1 Å². The summed E-state index contributed by atoms with van der Waals surface area (Å²) in [4.78, 5) is 11.7. The lowest BCUT2D eigenvalue weighted by atomic mass is 10.2. The summed E-state index contributed by atoms with van der Waals surface area (Å²) in [6, 6.07) is 8.13. The van der Waals surface area contributed by atoms with Crippen molar-refractivity contribution in [2.24, 2.45) is 0 Å². The summed E-state index contributed by atoms with van der Waals surface area (Å²) in [6.45, 7) is 1.80. The third kappa shape index (κ3) is 4.34. The number of hydrogen-bond acceptors (Lipinski definition) is 4. The van der Waals surface area contributed by atoms with Crippen molar-refractivity contribution in [2.45, 2.75) is 30.5 Å². The van der Waals surface area contributed by atoms with Crippen LogP contribution in [0.5, 0.6) is 5.75 Å². The molecule has 162 valence electrons. The second-order valence-corrected chi connectivity index (χ2v) is 8.78. The quantitative estimate of drug-likeness (QED) is 0.732. The lowest BCUT2D eigenvalue weighted by Gasteiger charge is -2.35. The van der Waals surface area contributed by atoms with Gasteiger partial charge in [0.25, 0.3) is 15.9 Å². The van der Waals surface area contributed by atoms with Gasteiger partial charge in [-0.25, -0.2) is 8.42 Å². The van der Waals surface area contributed by atoms with Gasteiger partial charge in [-0.05, 0) is 36.8 Å². The predicted octanol–water partition coefficient (Wildman–Crippen LogP) is 3.84. The number of nitrogens with one attached hydrogen (secondary N) is 1. The van der Waals surface area contributed by atoms with Crippen molar-refractivity contribution < 1.29 is 31.1 Å². The average Bonchev–Trinajstić information content (AvgIpc) is 2.70. The molecule has 1 aliphatic heterocycles. The summed E-state index contributed by atoms with van der Waals surface area (Å²) < 4.78 is 72.5. The highest BCUT2D eigenvalue weighted by atomic mass is 35.5. The molecule has 11 heteroatoms. The van der Waals surface area contributed by atoms with Crippen LogP contribution >= 0.6 is 11.6 Å². The van der Waals surface area contributed by atoms with Crippen LogP contribution in [0.25, 0.3) is 0 Å². The Morgan fingerprint density at radius 3 is 2.63 bits per heavy atom. The molecule has 0 saturated heterocycles. The summed E-state index contributed by atoms with van der Waals surface area (Å²) in [5.74, 6) is -0.409. The minimum absolute atomic E-state index is 0.102. The fourth-order valence-electron chi connectivity index (χ4n) is 2.92. The number of ether oxygens (including phenoxy) is 1. The fourth-order valence-corrected chi connectivity index (χ4v) is 4.90. The van der Waals surface area contributed by atoms with E-state index in [4.69, 9.17) is 16.3 Å². The molecule has 6 nitrogen and oxygen atoms in total. The molecule has 1 amide bonds. The Bertz CT molecular complexity index is 1060. The zero-order chi connectivity index (χ0) is 22.1. The molecule has 1 N–H and O–H groups in total. The molecular weight excluding hydrogens is 445 g/mol. The molecule has 3 rings (SSSR count). The number of nitrogens with zero attached hydrogens (tertiary/aromatic N) is 1. The number of hydrogen-bond donors (Lipinski definition) is 1. The molecule has 1 aliphatic rings. The van der Waals surface area contributed by atoms with Crippen LogP contribution in [-0.2, 0) is 21.0 Å². The zero-order valence-corrected chi connectivity index (χ0v) is 17.3. The lowest BCUT2D eigenvalue weighted by Crippen LogP contribution is -2.50. The van der Waals surface area contributed by atoms with E-state index in [9.17, 15) is 26.4 Å². The first kappa shape index (κ1) is 22.2. The fraction of sp³-hybridized carbons (Fsp3) is 0.316. The van der Waals surface area contributed by atoms with Gasteiger partial charge >= 0.3 is 6.18 Å². The van der Waals surface area contributed by atoms with E-state index in [0.29, 0.717) is 25.1 Å². The molecule has 2 aromatic rings. The number of fused-ring (bicyclic) bond motifs is 1. The maximum Gasteiger partial charge on any atom is 0.416 e. The predicted molar refractivity (Wildman–Crippen MR) is 105 cm³/mol. The Morgan fingerprint density at radius 1 is 1.27 bits per heavy atom. The van der Waals surface area contributed by atoms with Crippen molar-refractivity contribution >= 4 is 33.2 Å². The van der Waals surface area contributed by atoms with Gasteiger partial charge in [0.2, 0.25) is 0 Å². The maximum atomic E-state index is 13.3. The highest BCUT2D eigenvalue weighted by Crippen LogP contribution is 2.39. The topological polar surface area (TPSA) is 75.7 Å². The molecule has 0 fully saturated rings. The SMILES string of the molecule is CCCNC(=O)C1CN(S(=O)(=O)c2cc(C(F)(F)F)ccc2Cl)c2ccccc2O1. The van der Waals surface area contributed by atoms with Gasteiger partial charge in [0.1, 0.15) is 10.6 Å². The minimum Gasteiger partial charge on any atom is -0.476 e. The Morgan fingerprint density at radius 2 is 1.97 bits per heavy atom. The first-order valence-corrected chi connectivity index (χ1v) is 10.8. The molecule has 30 heavy (non-hydrogen) atoms. The zero-order valence-electron chi connectivity index (χ0n) is 15.7. The van der Waals surface area contributed by atoms with E-state index in [-0.39, 0.29) is 16.5 Å². The standard InChI is InChI=1S/C19H18ClF3N2O4S/c1-2-9-24-18(26)16-11-25(14-5-3-4-6-15(14)29-16)30(27,28)17-10-12(19(21,22)23)7-8-13(17)20/h3-8,10,16H,2,9,11H2,1H3,(H,24,26). The number of alkyl halides is 3. The minimum atomic E-state index is -4.75. The highest BCUT2D eigenvalue weighted by molar-refractivity contribution is 7.93. The number of benzene rings is 2. The molecule has 1 atom stereocenters. The number of sulfonamides is 1. The highest BCUT2D eigenvalue weighted by Gasteiger charge is 2.39. The Labute approximate surface area is 176 Å². The van der Waals surface area contributed by atoms with Crippen LogP contribution in [0, 0.1) is 0 Å². The number of anilines is 1. The summed E-state index contributed by atoms with van der Waals surface area (Å²) in [6.07, 6.45) is -5.26. The van der Waals surface area contributed by atoms with E-state index < -0.39 is 45.2 Å². The normalized spacial score (nSPS) is 16.6. The lowest BCUT2D eigenvalue weighted by molar-refractivity contribution is -0.137. The summed E-state index contributed by atoms with van der Waals surface area (Å²) in [7, 11) is -4.53. The van der Waals surface area contributed by atoms with Crippen molar-refractivity contribution in [1.29, 1.82) is 0 Å². The van der Waals surface area contributed by atoms with Gasteiger partial charge in [-0.3, -0.25) is 9.10 Å². The van der Waals surface area contributed by atoms with Crippen molar-refractivity contribution in [2.75, 3.05) is 17.4 Å². The third-order valence-corrected chi connectivity index (χ3v) is 6.66. The van der Waals surface area contributed by atoms with E-state index >= 15 is 0 Å². The summed E-state index contributed by atoms with van der Waals surface area (Å²) in [5, 5.41) is 2.26. The Kier molecular flexibility index (Phi) is 6.19. The van der Waals surface area contributed by atoms with Crippen LogP contribution in [0.1, 0.15) is 18.9 Å². The molecule has 2 aromatic carbocycles. The second kappa shape index (κ2) is 8.35. The molecular formula is C19H18ClF3N2O4S.